The topological polar surface area (TPSA) is 78.5 Å². The Kier molecular flexibility index (Phi) is 6.85. The Balaban J connectivity index is 1.98. The molecular weight excluding hydrogens is 342 g/mol. The van der Waals surface area contributed by atoms with Crippen molar-refractivity contribution in [2.24, 2.45) is 0 Å². The van der Waals surface area contributed by atoms with Crippen molar-refractivity contribution in [3.8, 4) is 0 Å². The molecule has 2 amide bonds. The minimum atomic E-state index is -0.371. The van der Waals surface area contributed by atoms with Crippen LogP contribution in [0, 0.1) is 0 Å². The van der Waals surface area contributed by atoms with E-state index in [1.807, 2.05) is 31.0 Å². The van der Waals surface area contributed by atoms with E-state index in [1.165, 1.54) is 6.92 Å². The van der Waals surface area contributed by atoms with Crippen LogP contribution in [0.4, 0.5) is 5.69 Å². The number of carbonyl (C=O) groups excluding carboxylic acids is 3. The molecule has 0 fully saturated rings. The van der Waals surface area contributed by atoms with Crippen LogP contribution in [-0.2, 0) is 11.3 Å². The highest BCUT2D eigenvalue weighted by Crippen LogP contribution is 2.14. The molecule has 0 radical (unpaired) electrons. The van der Waals surface area contributed by atoms with Crippen LogP contribution in [0.1, 0.15) is 40.1 Å². The van der Waals surface area contributed by atoms with Gasteiger partial charge >= 0.3 is 0 Å². The number of hydrogen-bond donors (Lipinski definition) is 2. The summed E-state index contributed by atoms with van der Waals surface area (Å²) in [4.78, 5) is 37.5. The third kappa shape index (κ3) is 5.49. The Morgan fingerprint density at radius 1 is 1.04 bits per heavy atom. The van der Waals surface area contributed by atoms with Crippen molar-refractivity contribution in [3.63, 3.8) is 0 Å². The predicted molar refractivity (Wildman–Crippen MR) is 106 cm³/mol. The smallest absolute Gasteiger partial charge is 0.251 e. The second kappa shape index (κ2) is 9.09. The molecular formula is C21H25N3O3. The molecule has 0 bridgehead atoms. The van der Waals surface area contributed by atoms with E-state index in [0.717, 1.165) is 5.56 Å². The molecule has 0 aliphatic heterocycles. The van der Waals surface area contributed by atoms with Crippen LogP contribution in [0.15, 0.2) is 48.5 Å². The predicted octanol–water partition coefficient (Wildman–Crippen LogP) is 2.71. The average Bonchev–Trinajstić information content (AvgIpc) is 2.67. The summed E-state index contributed by atoms with van der Waals surface area (Å²) < 4.78 is 0. The number of anilines is 1. The van der Waals surface area contributed by atoms with Crippen molar-refractivity contribution >= 4 is 23.3 Å². The summed E-state index contributed by atoms with van der Waals surface area (Å²) in [6.45, 7) is 3.88. The fourth-order valence-corrected chi connectivity index (χ4v) is 2.59. The summed E-state index contributed by atoms with van der Waals surface area (Å²) in [7, 11) is 3.46. The highest BCUT2D eigenvalue weighted by atomic mass is 16.2. The number of rotatable bonds is 7. The molecule has 2 aromatic carbocycles. The molecule has 0 heterocycles. The third-order valence-electron chi connectivity index (χ3n) is 4.45. The zero-order valence-corrected chi connectivity index (χ0v) is 16.1. The number of carbonyl (C=O) groups is 3. The number of likely N-dealkylation sites (N-methyl/N-ethyl adjacent to an activating group) is 1. The van der Waals surface area contributed by atoms with Gasteiger partial charge in [0.2, 0.25) is 5.91 Å². The van der Waals surface area contributed by atoms with E-state index in [9.17, 15) is 14.4 Å². The zero-order chi connectivity index (χ0) is 20.0. The summed E-state index contributed by atoms with van der Waals surface area (Å²) >= 11 is 0. The van der Waals surface area contributed by atoms with Gasteiger partial charge in [-0.1, -0.05) is 24.3 Å². The van der Waals surface area contributed by atoms with Crippen LogP contribution >= 0.6 is 0 Å². The van der Waals surface area contributed by atoms with Gasteiger partial charge in [-0.3, -0.25) is 19.3 Å². The molecule has 6 heteroatoms. The maximum Gasteiger partial charge on any atom is 0.251 e. The highest BCUT2D eigenvalue weighted by molar-refractivity contribution is 5.98. The molecule has 0 saturated heterocycles. The van der Waals surface area contributed by atoms with Gasteiger partial charge in [-0.2, -0.15) is 0 Å². The molecule has 2 rings (SSSR count). The van der Waals surface area contributed by atoms with Gasteiger partial charge in [-0.05, 0) is 50.7 Å². The average molecular weight is 367 g/mol. The molecule has 6 nitrogen and oxygen atoms in total. The SMILES string of the molecule is CNC(=O)c1ccc(CN(C)[C@H](C)C(=O)Nc2cccc(C(C)=O)c2)cc1. The summed E-state index contributed by atoms with van der Waals surface area (Å²) in [5.41, 5.74) is 2.76. The fraction of sp³-hybridized carbons (Fsp3) is 0.286. The minimum absolute atomic E-state index is 0.0449. The van der Waals surface area contributed by atoms with E-state index in [1.54, 1.807) is 43.4 Å². The Labute approximate surface area is 159 Å². The van der Waals surface area contributed by atoms with Crippen LogP contribution < -0.4 is 10.6 Å². The zero-order valence-electron chi connectivity index (χ0n) is 16.1. The summed E-state index contributed by atoms with van der Waals surface area (Å²) in [6.07, 6.45) is 0. The van der Waals surface area contributed by atoms with Crippen molar-refractivity contribution in [1.82, 2.24) is 10.2 Å². The second-order valence-electron chi connectivity index (χ2n) is 6.49. The quantitative estimate of drug-likeness (QED) is 0.738. The van der Waals surface area contributed by atoms with Crippen molar-refractivity contribution in [1.29, 1.82) is 0 Å². The minimum Gasteiger partial charge on any atom is -0.355 e. The Morgan fingerprint density at radius 3 is 2.30 bits per heavy atom. The van der Waals surface area contributed by atoms with Crippen LogP contribution in [0.3, 0.4) is 0 Å². The summed E-state index contributed by atoms with van der Waals surface area (Å²) in [6, 6.07) is 13.8. The first-order valence-corrected chi connectivity index (χ1v) is 8.75. The van der Waals surface area contributed by atoms with Gasteiger partial charge in [0, 0.05) is 30.4 Å². The van der Waals surface area contributed by atoms with Crippen molar-refractivity contribution in [2.75, 3.05) is 19.4 Å². The van der Waals surface area contributed by atoms with Crippen molar-refractivity contribution < 1.29 is 14.4 Å². The lowest BCUT2D eigenvalue weighted by atomic mass is 10.1. The molecule has 1 atom stereocenters. The number of amides is 2. The van der Waals surface area contributed by atoms with E-state index >= 15 is 0 Å². The summed E-state index contributed by atoms with van der Waals surface area (Å²) in [5, 5.41) is 5.43. The van der Waals surface area contributed by atoms with Crippen LogP contribution in [0.2, 0.25) is 0 Å². The monoisotopic (exact) mass is 367 g/mol. The lowest BCUT2D eigenvalue weighted by Gasteiger charge is -2.24. The maximum atomic E-state index is 12.5. The molecule has 2 N–H and O–H groups in total. The lowest BCUT2D eigenvalue weighted by Crippen LogP contribution is -2.39. The third-order valence-corrected chi connectivity index (χ3v) is 4.45. The van der Waals surface area contributed by atoms with Gasteiger partial charge in [-0.25, -0.2) is 0 Å². The van der Waals surface area contributed by atoms with Gasteiger partial charge in [0.25, 0.3) is 5.91 Å². The number of ketones is 1. The van der Waals surface area contributed by atoms with Crippen LogP contribution in [0.25, 0.3) is 0 Å². The largest absolute Gasteiger partial charge is 0.355 e. The lowest BCUT2D eigenvalue weighted by molar-refractivity contribution is -0.120. The first kappa shape index (κ1) is 20.3. The highest BCUT2D eigenvalue weighted by Gasteiger charge is 2.18. The molecule has 0 aromatic heterocycles. The standard InChI is InChI=1S/C21H25N3O3/c1-14(20(26)23-19-7-5-6-18(12-19)15(2)25)24(4)13-16-8-10-17(11-9-16)21(27)22-3/h5-12,14H,13H2,1-4H3,(H,22,27)(H,23,26)/t14-/m1/s1. The summed E-state index contributed by atoms with van der Waals surface area (Å²) in [5.74, 6) is -0.327. The van der Waals surface area contributed by atoms with Crippen LogP contribution in [-0.4, -0.2) is 42.6 Å². The van der Waals surface area contributed by atoms with Crippen molar-refractivity contribution in [2.45, 2.75) is 26.4 Å². The molecule has 0 aliphatic carbocycles. The van der Waals surface area contributed by atoms with E-state index in [-0.39, 0.29) is 23.6 Å². The van der Waals surface area contributed by atoms with E-state index < -0.39 is 0 Å². The molecule has 27 heavy (non-hydrogen) atoms. The molecule has 0 saturated carbocycles. The molecule has 0 unspecified atom stereocenters. The Hall–Kier alpha value is -2.99. The number of nitrogens with one attached hydrogen (secondary N) is 2. The normalized spacial score (nSPS) is 11.7. The van der Waals surface area contributed by atoms with E-state index in [0.29, 0.717) is 23.4 Å². The maximum absolute atomic E-state index is 12.5. The number of benzene rings is 2. The van der Waals surface area contributed by atoms with E-state index in [2.05, 4.69) is 10.6 Å². The van der Waals surface area contributed by atoms with Crippen molar-refractivity contribution in [3.05, 3.63) is 65.2 Å². The van der Waals surface area contributed by atoms with Gasteiger partial charge < -0.3 is 10.6 Å². The van der Waals surface area contributed by atoms with Crippen LogP contribution in [0.5, 0.6) is 0 Å². The van der Waals surface area contributed by atoms with Gasteiger partial charge in [0.1, 0.15) is 0 Å². The number of nitrogens with zero attached hydrogens (tertiary/aromatic N) is 1. The van der Waals surface area contributed by atoms with Gasteiger partial charge in [0.15, 0.2) is 5.78 Å². The molecule has 0 aliphatic rings. The Bertz CT molecular complexity index is 831. The first-order valence-electron chi connectivity index (χ1n) is 8.75. The van der Waals surface area contributed by atoms with Gasteiger partial charge in [0.05, 0.1) is 6.04 Å². The van der Waals surface area contributed by atoms with E-state index in [4.69, 9.17) is 0 Å². The fourth-order valence-electron chi connectivity index (χ4n) is 2.59. The molecule has 2 aromatic rings. The number of hydrogen-bond acceptors (Lipinski definition) is 4. The Morgan fingerprint density at radius 2 is 1.70 bits per heavy atom. The molecule has 142 valence electrons. The second-order valence-corrected chi connectivity index (χ2v) is 6.49. The molecule has 0 spiro atoms. The number of Topliss-reactive ketones (excluding diaryl/α,β-unsaturated/α-hetero) is 1. The van der Waals surface area contributed by atoms with Gasteiger partial charge in [-0.15, -0.1) is 0 Å². The first-order chi connectivity index (χ1) is 12.8.